The van der Waals surface area contributed by atoms with E-state index in [9.17, 15) is 15.0 Å². The number of rotatable bonds is 7. The number of halogens is 1. The molecule has 198 valence electrons. The van der Waals surface area contributed by atoms with Gasteiger partial charge in [0.05, 0.1) is 11.3 Å². The molecule has 10 heteroatoms. The zero-order valence-electron chi connectivity index (χ0n) is 22.0. The van der Waals surface area contributed by atoms with Crippen molar-refractivity contribution in [2.24, 2.45) is 0 Å². The lowest BCUT2D eigenvalue weighted by Gasteiger charge is -2.35. The van der Waals surface area contributed by atoms with Crippen LogP contribution in [-0.2, 0) is 0 Å². The molecule has 0 spiro atoms. The van der Waals surface area contributed by atoms with Crippen molar-refractivity contribution in [3.63, 3.8) is 0 Å². The molecule has 1 aliphatic rings. The summed E-state index contributed by atoms with van der Waals surface area (Å²) in [4.78, 5) is 17.5. The summed E-state index contributed by atoms with van der Waals surface area (Å²) in [6, 6.07) is 7.54. The lowest BCUT2D eigenvalue weighted by Crippen LogP contribution is -2.46. The van der Waals surface area contributed by atoms with Gasteiger partial charge in [0.25, 0.3) is 5.91 Å². The molecule has 2 aromatic carbocycles. The van der Waals surface area contributed by atoms with Crippen LogP contribution in [0.15, 0.2) is 30.3 Å². The molecule has 37 heavy (non-hydrogen) atoms. The molecular formula is C27H35FN6O3. The Morgan fingerprint density at radius 1 is 1.03 bits per heavy atom. The number of likely N-dealkylation sites (N-methyl/N-ethyl adjacent to an activating group) is 1. The molecule has 4 rings (SSSR count). The number of phenols is 2. The first-order valence-corrected chi connectivity index (χ1v) is 12.7. The maximum absolute atomic E-state index is 15.7. The quantitative estimate of drug-likeness (QED) is 0.443. The number of carbonyl (C=O) groups excluding carboxylic acids is 1. The minimum Gasteiger partial charge on any atom is -0.508 e. The van der Waals surface area contributed by atoms with Gasteiger partial charge >= 0.3 is 0 Å². The summed E-state index contributed by atoms with van der Waals surface area (Å²) in [5.41, 5.74) is 1.66. The highest BCUT2D eigenvalue weighted by Crippen LogP contribution is 2.38. The van der Waals surface area contributed by atoms with Crippen LogP contribution in [0.4, 0.5) is 10.1 Å². The van der Waals surface area contributed by atoms with Gasteiger partial charge < -0.3 is 25.3 Å². The smallest absolute Gasteiger partial charge is 0.289 e. The summed E-state index contributed by atoms with van der Waals surface area (Å²) in [7, 11) is 0. The van der Waals surface area contributed by atoms with E-state index in [1.165, 1.54) is 16.7 Å². The lowest BCUT2D eigenvalue weighted by molar-refractivity contribution is 0.0930. The van der Waals surface area contributed by atoms with E-state index in [1.54, 1.807) is 12.1 Å². The number of carbonyl (C=O) groups is 1. The SMILES string of the molecule is CCN1CCN(c2ccc(-n3c(C(=O)NC(C)C)nnc3-c3cc(C(C)C)c(O)cc3O)c(F)c2)CC1. The predicted molar refractivity (Wildman–Crippen MR) is 141 cm³/mol. The molecule has 9 nitrogen and oxygen atoms in total. The Morgan fingerprint density at radius 2 is 1.73 bits per heavy atom. The highest BCUT2D eigenvalue weighted by atomic mass is 19.1. The first-order chi connectivity index (χ1) is 17.6. The summed E-state index contributed by atoms with van der Waals surface area (Å²) >= 11 is 0. The van der Waals surface area contributed by atoms with Crippen LogP contribution in [0.5, 0.6) is 11.5 Å². The number of benzene rings is 2. The van der Waals surface area contributed by atoms with Crippen LogP contribution in [0.2, 0.25) is 0 Å². The van der Waals surface area contributed by atoms with Gasteiger partial charge in [-0.25, -0.2) is 4.39 Å². The Bertz CT molecular complexity index is 1280. The zero-order chi connectivity index (χ0) is 26.9. The van der Waals surface area contributed by atoms with E-state index < -0.39 is 11.7 Å². The normalized spacial score (nSPS) is 14.5. The molecule has 0 saturated carbocycles. The van der Waals surface area contributed by atoms with E-state index in [0.29, 0.717) is 5.56 Å². The summed E-state index contributed by atoms with van der Waals surface area (Å²) < 4.78 is 17.1. The Hall–Kier alpha value is -3.66. The topological polar surface area (TPSA) is 107 Å². The molecule has 0 aliphatic carbocycles. The minimum absolute atomic E-state index is 0.0522. The first kappa shape index (κ1) is 26.4. The molecule has 1 aliphatic heterocycles. The van der Waals surface area contributed by atoms with Crippen LogP contribution in [0.1, 0.15) is 56.7 Å². The molecule has 2 heterocycles. The van der Waals surface area contributed by atoms with Gasteiger partial charge in [0.2, 0.25) is 5.82 Å². The van der Waals surface area contributed by atoms with E-state index in [4.69, 9.17) is 0 Å². The Balaban J connectivity index is 1.82. The number of nitrogens with one attached hydrogen (secondary N) is 1. The van der Waals surface area contributed by atoms with Crippen molar-refractivity contribution < 1.29 is 19.4 Å². The number of anilines is 1. The van der Waals surface area contributed by atoms with Crippen molar-refractivity contribution in [3.05, 3.63) is 47.5 Å². The second-order valence-corrected chi connectivity index (χ2v) is 9.95. The summed E-state index contributed by atoms with van der Waals surface area (Å²) in [6.07, 6.45) is 0. The highest BCUT2D eigenvalue weighted by Gasteiger charge is 2.27. The number of hydrogen-bond acceptors (Lipinski definition) is 7. The highest BCUT2D eigenvalue weighted by molar-refractivity contribution is 5.92. The number of aromatic hydroxyl groups is 2. The van der Waals surface area contributed by atoms with Crippen LogP contribution in [-0.4, -0.2) is 74.6 Å². The fraction of sp³-hybridized carbons (Fsp3) is 0.444. The van der Waals surface area contributed by atoms with Gasteiger partial charge in [0, 0.05) is 44.0 Å². The number of hydrogen-bond donors (Lipinski definition) is 3. The molecule has 3 aromatic rings. The van der Waals surface area contributed by atoms with E-state index >= 15 is 4.39 Å². The van der Waals surface area contributed by atoms with Crippen LogP contribution < -0.4 is 10.2 Å². The fourth-order valence-electron chi connectivity index (χ4n) is 4.59. The van der Waals surface area contributed by atoms with E-state index in [0.717, 1.165) is 38.4 Å². The number of piperazine rings is 1. The zero-order valence-corrected chi connectivity index (χ0v) is 22.0. The van der Waals surface area contributed by atoms with Gasteiger partial charge in [-0.2, -0.15) is 0 Å². The van der Waals surface area contributed by atoms with Gasteiger partial charge in [0.15, 0.2) is 5.82 Å². The monoisotopic (exact) mass is 510 g/mol. The van der Waals surface area contributed by atoms with Crippen molar-refractivity contribution in [1.29, 1.82) is 0 Å². The van der Waals surface area contributed by atoms with E-state index in [1.807, 2.05) is 33.8 Å². The maximum Gasteiger partial charge on any atom is 0.289 e. The summed E-state index contributed by atoms with van der Waals surface area (Å²) in [5.74, 6) is -1.44. The molecule has 0 unspecified atom stereocenters. The number of nitrogens with zero attached hydrogens (tertiary/aromatic N) is 5. The molecule has 1 amide bonds. The third-order valence-electron chi connectivity index (χ3n) is 6.65. The number of phenolic OH excluding ortho intramolecular Hbond substituents is 2. The average Bonchev–Trinajstić information content (AvgIpc) is 3.28. The van der Waals surface area contributed by atoms with Crippen molar-refractivity contribution in [2.75, 3.05) is 37.6 Å². The fourth-order valence-corrected chi connectivity index (χ4v) is 4.59. The van der Waals surface area contributed by atoms with Gasteiger partial charge in [-0.05, 0) is 56.1 Å². The first-order valence-electron chi connectivity index (χ1n) is 12.7. The molecule has 1 saturated heterocycles. The van der Waals surface area contributed by atoms with Crippen LogP contribution in [0.25, 0.3) is 17.1 Å². The third-order valence-corrected chi connectivity index (χ3v) is 6.65. The Morgan fingerprint density at radius 3 is 2.32 bits per heavy atom. The third kappa shape index (κ3) is 5.39. The number of amides is 1. The molecular weight excluding hydrogens is 475 g/mol. The van der Waals surface area contributed by atoms with Crippen LogP contribution in [0.3, 0.4) is 0 Å². The minimum atomic E-state index is -0.544. The lowest BCUT2D eigenvalue weighted by atomic mass is 9.98. The molecule has 1 aromatic heterocycles. The Kier molecular flexibility index (Phi) is 7.68. The largest absolute Gasteiger partial charge is 0.508 e. The summed E-state index contributed by atoms with van der Waals surface area (Å²) in [5, 5.41) is 32.0. The van der Waals surface area contributed by atoms with Gasteiger partial charge in [-0.1, -0.05) is 20.8 Å². The van der Waals surface area contributed by atoms with Crippen molar-refractivity contribution in [2.45, 2.75) is 46.6 Å². The van der Waals surface area contributed by atoms with Crippen LogP contribution >= 0.6 is 0 Å². The van der Waals surface area contributed by atoms with Crippen molar-refractivity contribution in [3.8, 4) is 28.6 Å². The maximum atomic E-state index is 15.7. The van der Waals surface area contributed by atoms with Crippen molar-refractivity contribution in [1.82, 2.24) is 25.0 Å². The second-order valence-electron chi connectivity index (χ2n) is 9.95. The van der Waals surface area contributed by atoms with Gasteiger partial charge in [-0.3, -0.25) is 9.36 Å². The molecule has 1 fully saturated rings. The van der Waals surface area contributed by atoms with E-state index in [-0.39, 0.29) is 46.4 Å². The van der Waals surface area contributed by atoms with Gasteiger partial charge in [0.1, 0.15) is 17.3 Å². The standard InChI is InChI=1S/C27H35FN6O3/c1-6-32-9-11-33(12-10-32)18-7-8-22(21(28)13-18)34-25(30-31-26(34)27(37)29-17(4)5)20-14-19(16(2)3)23(35)15-24(20)36/h7-8,13-17,35-36H,6,9-12H2,1-5H3,(H,29,37). The van der Waals surface area contributed by atoms with Gasteiger partial charge in [-0.15, -0.1) is 10.2 Å². The summed E-state index contributed by atoms with van der Waals surface area (Å²) in [6.45, 7) is 14.0. The Labute approximate surface area is 216 Å². The average molecular weight is 511 g/mol. The van der Waals surface area contributed by atoms with Crippen molar-refractivity contribution >= 4 is 11.6 Å². The molecule has 3 N–H and O–H groups in total. The molecule has 0 atom stereocenters. The predicted octanol–water partition coefficient (Wildman–Crippen LogP) is 3.89. The molecule has 0 bridgehead atoms. The van der Waals surface area contributed by atoms with Crippen LogP contribution in [0, 0.1) is 5.82 Å². The molecule has 0 radical (unpaired) electrons. The second kappa shape index (κ2) is 10.8. The van der Waals surface area contributed by atoms with E-state index in [2.05, 4.69) is 32.2 Å². The number of aromatic nitrogens is 3.